The molecular formula is C12H22N2O. The number of rotatable bonds is 6. The molecule has 1 atom stereocenters. The summed E-state index contributed by atoms with van der Waals surface area (Å²) in [5, 5.41) is 2.96. The zero-order valence-corrected chi connectivity index (χ0v) is 9.59. The van der Waals surface area contributed by atoms with Crippen molar-refractivity contribution < 1.29 is 4.79 Å². The van der Waals surface area contributed by atoms with Crippen molar-refractivity contribution in [1.82, 2.24) is 5.32 Å². The summed E-state index contributed by atoms with van der Waals surface area (Å²) in [5.41, 5.74) is 6.91. The number of carbonyl (C=O) groups is 1. The van der Waals surface area contributed by atoms with Gasteiger partial charge in [0, 0.05) is 12.5 Å². The zero-order valence-electron chi connectivity index (χ0n) is 9.59. The second kappa shape index (κ2) is 6.62. The van der Waals surface area contributed by atoms with Crippen LogP contribution in [0.1, 0.15) is 39.0 Å². The molecule has 3 nitrogen and oxygen atoms in total. The summed E-state index contributed by atoms with van der Waals surface area (Å²) in [5.74, 6) is 0.187. The molecule has 0 saturated carbocycles. The van der Waals surface area contributed by atoms with E-state index in [0.717, 1.165) is 19.4 Å². The molecule has 15 heavy (non-hydrogen) atoms. The third-order valence-corrected chi connectivity index (χ3v) is 2.93. The molecule has 0 radical (unpaired) electrons. The van der Waals surface area contributed by atoms with Gasteiger partial charge in [0.2, 0.25) is 5.91 Å². The Labute approximate surface area is 92.1 Å². The minimum atomic E-state index is 0.0487. The van der Waals surface area contributed by atoms with Gasteiger partial charge in [-0.2, -0.15) is 0 Å². The van der Waals surface area contributed by atoms with E-state index in [2.05, 4.69) is 11.4 Å². The van der Waals surface area contributed by atoms with Gasteiger partial charge in [-0.25, -0.2) is 0 Å². The van der Waals surface area contributed by atoms with E-state index in [1.165, 1.54) is 24.8 Å². The SMILES string of the molecule is CC(CCN)C(=O)NCCC1=CCCC1. The number of nitrogens with two attached hydrogens (primary N) is 1. The fourth-order valence-corrected chi connectivity index (χ4v) is 1.87. The minimum absolute atomic E-state index is 0.0487. The zero-order chi connectivity index (χ0) is 11.1. The lowest BCUT2D eigenvalue weighted by Crippen LogP contribution is -2.31. The maximum atomic E-state index is 11.5. The highest BCUT2D eigenvalue weighted by Crippen LogP contribution is 2.19. The summed E-state index contributed by atoms with van der Waals surface area (Å²) in [7, 11) is 0. The molecule has 1 unspecified atom stereocenters. The number of amides is 1. The van der Waals surface area contributed by atoms with Crippen LogP contribution in [0.3, 0.4) is 0 Å². The lowest BCUT2D eigenvalue weighted by atomic mass is 10.1. The average Bonchev–Trinajstić information content (AvgIpc) is 2.71. The molecule has 0 heterocycles. The molecule has 0 aromatic carbocycles. The Morgan fingerprint density at radius 3 is 3.07 bits per heavy atom. The highest BCUT2D eigenvalue weighted by molar-refractivity contribution is 5.78. The van der Waals surface area contributed by atoms with Crippen LogP contribution in [0.15, 0.2) is 11.6 Å². The lowest BCUT2D eigenvalue weighted by molar-refractivity contribution is -0.124. The van der Waals surface area contributed by atoms with Crippen molar-refractivity contribution in [2.24, 2.45) is 11.7 Å². The molecule has 0 aliphatic heterocycles. The first-order chi connectivity index (χ1) is 7.24. The standard InChI is InChI=1S/C12H22N2O/c1-10(6-8-13)12(15)14-9-7-11-4-2-3-5-11/h4,10H,2-3,5-9,13H2,1H3,(H,14,15). The van der Waals surface area contributed by atoms with E-state index < -0.39 is 0 Å². The van der Waals surface area contributed by atoms with Crippen LogP contribution in [-0.4, -0.2) is 19.0 Å². The van der Waals surface area contributed by atoms with E-state index in [9.17, 15) is 4.79 Å². The molecule has 0 spiro atoms. The van der Waals surface area contributed by atoms with Crippen LogP contribution in [0.2, 0.25) is 0 Å². The van der Waals surface area contributed by atoms with E-state index in [0.29, 0.717) is 6.54 Å². The maximum Gasteiger partial charge on any atom is 0.222 e. The van der Waals surface area contributed by atoms with E-state index in [-0.39, 0.29) is 11.8 Å². The predicted octanol–water partition coefficient (Wildman–Crippen LogP) is 1.59. The monoisotopic (exact) mass is 210 g/mol. The van der Waals surface area contributed by atoms with Crippen LogP contribution in [0.25, 0.3) is 0 Å². The minimum Gasteiger partial charge on any atom is -0.356 e. The van der Waals surface area contributed by atoms with Crippen molar-refractivity contribution in [3.8, 4) is 0 Å². The van der Waals surface area contributed by atoms with Gasteiger partial charge in [-0.05, 0) is 38.6 Å². The number of hydrogen-bond acceptors (Lipinski definition) is 2. The molecule has 0 aromatic heterocycles. The van der Waals surface area contributed by atoms with Crippen molar-refractivity contribution in [2.45, 2.75) is 39.0 Å². The van der Waals surface area contributed by atoms with Crippen LogP contribution >= 0.6 is 0 Å². The molecule has 3 N–H and O–H groups in total. The molecule has 0 saturated heterocycles. The highest BCUT2D eigenvalue weighted by atomic mass is 16.1. The Balaban J connectivity index is 2.11. The van der Waals surface area contributed by atoms with E-state index in [4.69, 9.17) is 5.73 Å². The molecule has 0 bridgehead atoms. The summed E-state index contributed by atoms with van der Waals surface area (Å²) >= 11 is 0. The summed E-state index contributed by atoms with van der Waals surface area (Å²) in [4.78, 5) is 11.5. The van der Waals surface area contributed by atoms with Crippen molar-refractivity contribution in [3.05, 3.63) is 11.6 Å². The van der Waals surface area contributed by atoms with Gasteiger partial charge < -0.3 is 11.1 Å². The molecule has 0 fully saturated rings. The number of allylic oxidation sites excluding steroid dienone is 1. The van der Waals surface area contributed by atoms with E-state index in [1.807, 2.05) is 6.92 Å². The number of carbonyl (C=O) groups excluding carboxylic acids is 1. The summed E-state index contributed by atoms with van der Waals surface area (Å²) < 4.78 is 0. The maximum absolute atomic E-state index is 11.5. The fraction of sp³-hybridized carbons (Fsp3) is 0.750. The molecule has 1 amide bonds. The summed E-state index contributed by atoms with van der Waals surface area (Å²) in [6.45, 7) is 3.29. The fourth-order valence-electron chi connectivity index (χ4n) is 1.87. The van der Waals surface area contributed by atoms with Gasteiger partial charge in [-0.15, -0.1) is 0 Å². The van der Waals surface area contributed by atoms with Crippen molar-refractivity contribution in [1.29, 1.82) is 0 Å². The normalized spacial score (nSPS) is 17.3. The topological polar surface area (TPSA) is 55.1 Å². The van der Waals surface area contributed by atoms with Gasteiger partial charge in [-0.3, -0.25) is 4.79 Å². The van der Waals surface area contributed by atoms with Crippen LogP contribution in [0, 0.1) is 5.92 Å². The van der Waals surface area contributed by atoms with Gasteiger partial charge in [0.05, 0.1) is 0 Å². The Kier molecular flexibility index (Phi) is 5.40. The van der Waals surface area contributed by atoms with Gasteiger partial charge >= 0.3 is 0 Å². The largest absolute Gasteiger partial charge is 0.356 e. The Morgan fingerprint density at radius 2 is 2.47 bits per heavy atom. The van der Waals surface area contributed by atoms with E-state index in [1.54, 1.807) is 0 Å². The summed E-state index contributed by atoms with van der Waals surface area (Å²) in [6.07, 6.45) is 7.80. The van der Waals surface area contributed by atoms with Crippen molar-refractivity contribution >= 4 is 5.91 Å². The second-order valence-electron chi connectivity index (χ2n) is 4.27. The molecular weight excluding hydrogens is 188 g/mol. The van der Waals surface area contributed by atoms with Crippen molar-refractivity contribution in [3.63, 3.8) is 0 Å². The average molecular weight is 210 g/mol. The predicted molar refractivity (Wildman–Crippen MR) is 62.4 cm³/mol. The third-order valence-electron chi connectivity index (χ3n) is 2.93. The van der Waals surface area contributed by atoms with Gasteiger partial charge in [0.15, 0.2) is 0 Å². The van der Waals surface area contributed by atoms with Gasteiger partial charge in [0.1, 0.15) is 0 Å². The molecule has 3 heteroatoms. The number of hydrogen-bond donors (Lipinski definition) is 2. The Bertz CT molecular complexity index is 236. The second-order valence-corrected chi connectivity index (χ2v) is 4.27. The van der Waals surface area contributed by atoms with Gasteiger partial charge in [-0.1, -0.05) is 18.6 Å². The summed E-state index contributed by atoms with van der Waals surface area (Å²) in [6, 6.07) is 0. The first-order valence-corrected chi connectivity index (χ1v) is 5.89. The van der Waals surface area contributed by atoms with Crippen LogP contribution < -0.4 is 11.1 Å². The first kappa shape index (κ1) is 12.2. The van der Waals surface area contributed by atoms with Crippen molar-refractivity contribution in [2.75, 3.05) is 13.1 Å². The first-order valence-electron chi connectivity index (χ1n) is 5.89. The molecule has 1 aliphatic rings. The Morgan fingerprint density at radius 1 is 1.67 bits per heavy atom. The lowest BCUT2D eigenvalue weighted by Gasteiger charge is -2.11. The molecule has 86 valence electrons. The van der Waals surface area contributed by atoms with E-state index >= 15 is 0 Å². The number of nitrogens with one attached hydrogen (secondary N) is 1. The van der Waals surface area contributed by atoms with Gasteiger partial charge in [0.25, 0.3) is 0 Å². The Hall–Kier alpha value is -0.830. The van der Waals surface area contributed by atoms with Crippen LogP contribution in [0.5, 0.6) is 0 Å². The third kappa shape index (κ3) is 4.47. The smallest absolute Gasteiger partial charge is 0.222 e. The molecule has 1 aliphatic carbocycles. The quantitative estimate of drug-likeness (QED) is 0.654. The molecule has 1 rings (SSSR count). The molecule has 0 aromatic rings. The van der Waals surface area contributed by atoms with Crippen LogP contribution in [-0.2, 0) is 4.79 Å². The van der Waals surface area contributed by atoms with Crippen LogP contribution in [0.4, 0.5) is 0 Å². The highest BCUT2D eigenvalue weighted by Gasteiger charge is 2.11.